The zero-order valence-corrected chi connectivity index (χ0v) is 8.40. The topological polar surface area (TPSA) is 36.1 Å². The van der Waals surface area contributed by atoms with E-state index in [1.165, 1.54) is 5.57 Å². The Balaban J connectivity index is 1.57. The fourth-order valence-corrected chi connectivity index (χ4v) is 2.64. The van der Waals surface area contributed by atoms with Crippen LogP contribution in [-0.4, -0.2) is 5.75 Å². The number of hydrogen-bond acceptors (Lipinski definition) is 4. The van der Waals surface area contributed by atoms with Crippen LogP contribution in [0.1, 0.15) is 0 Å². The number of fused-ring (bicyclic) bond motifs is 1. The molecule has 1 atom stereocenters. The normalized spacial score (nSPS) is 26.9. The molecule has 0 aromatic rings. The van der Waals surface area contributed by atoms with Gasteiger partial charge in [-0.2, -0.15) is 5.53 Å². The highest BCUT2D eigenvalue weighted by molar-refractivity contribution is 8.03. The fraction of sp³-hybridized carbons (Fsp3) is 0.200. The Kier molecular flexibility index (Phi) is 1.89. The maximum Gasteiger partial charge on any atom is 0.102 e. The van der Waals surface area contributed by atoms with Crippen LogP contribution < -0.4 is 16.4 Å². The monoisotopic (exact) mass is 205 g/mol. The molecule has 0 bridgehead atoms. The lowest BCUT2D eigenvalue weighted by molar-refractivity contribution is 0.611. The van der Waals surface area contributed by atoms with Crippen molar-refractivity contribution in [2.45, 2.75) is 0 Å². The first-order chi connectivity index (χ1) is 6.95. The highest BCUT2D eigenvalue weighted by atomic mass is 32.2. The van der Waals surface area contributed by atoms with Gasteiger partial charge in [0.25, 0.3) is 0 Å². The van der Waals surface area contributed by atoms with E-state index < -0.39 is 0 Å². The van der Waals surface area contributed by atoms with Gasteiger partial charge in [-0.3, -0.25) is 5.43 Å². The number of thioether (sulfide) groups is 1. The summed E-state index contributed by atoms with van der Waals surface area (Å²) in [6.07, 6.45) is 10.7. The van der Waals surface area contributed by atoms with Gasteiger partial charge in [0.1, 0.15) is 5.03 Å². The van der Waals surface area contributed by atoms with Crippen LogP contribution in [0, 0.1) is 5.92 Å². The van der Waals surface area contributed by atoms with Crippen molar-refractivity contribution in [3.8, 4) is 0 Å². The molecule has 1 aliphatic heterocycles. The smallest absolute Gasteiger partial charge is 0.102 e. The van der Waals surface area contributed by atoms with Gasteiger partial charge in [-0.25, -0.2) is 0 Å². The molecule has 0 radical (unpaired) electrons. The van der Waals surface area contributed by atoms with Crippen LogP contribution in [0.3, 0.4) is 0 Å². The first kappa shape index (κ1) is 8.20. The van der Waals surface area contributed by atoms with Crippen LogP contribution in [0.25, 0.3) is 0 Å². The summed E-state index contributed by atoms with van der Waals surface area (Å²) < 4.78 is 0. The summed E-state index contributed by atoms with van der Waals surface area (Å²) >= 11 is 1.82. The SMILES string of the molecule is C1=CC2=C(CSC3=CNNN3)C2C=C1. The highest BCUT2D eigenvalue weighted by Crippen LogP contribution is 2.45. The van der Waals surface area contributed by atoms with Crippen molar-refractivity contribution in [2.75, 3.05) is 5.75 Å². The average molecular weight is 205 g/mol. The van der Waals surface area contributed by atoms with E-state index in [4.69, 9.17) is 0 Å². The zero-order valence-electron chi connectivity index (χ0n) is 7.58. The molecule has 0 fully saturated rings. The van der Waals surface area contributed by atoms with Gasteiger partial charge in [-0.15, -0.1) is 11.8 Å². The van der Waals surface area contributed by atoms with Gasteiger partial charge in [-0.1, -0.05) is 24.3 Å². The summed E-state index contributed by atoms with van der Waals surface area (Å²) in [6.45, 7) is 0. The third kappa shape index (κ3) is 1.36. The maximum absolute atomic E-state index is 3.03. The first-order valence-corrected chi connectivity index (χ1v) is 5.61. The molecule has 1 heterocycles. The van der Waals surface area contributed by atoms with Crippen LogP contribution in [0.15, 0.2) is 46.7 Å². The van der Waals surface area contributed by atoms with Gasteiger partial charge in [0, 0.05) is 17.9 Å². The molecule has 1 unspecified atom stereocenters. The molecular formula is C10H11N3S. The number of rotatable bonds is 3. The molecule has 14 heavy (non-hydrogen) atoms. The average Bonchev–Trinajstić information content (AvgIpc) is 2.69. The van der Waals surface area contributed by atoms with Crippen molar-refractivity contribution >= 4 is 11.8 Å². The van der Waals surface area contributed by atoms with Gasteiger partial charge in [-0.05, 0) is 11.1 Å². The van der Waals surface area contributed by atoms with E-state index in [-0.39, 0.29) is 0 Å². The Bertz CT molecular complexity index is 379. The molecule has 0 amide bonds. The molecule has 0 spiro atoms. The van der Waals surface area contributed by atoms with Gasteiger partial charge in [0.2, 0.25) is 0 Å². The van der Waals surface area contributed by atoms with E-state index in [2.05, 4.69) is 40.7 Å². The Morgan fingerprint density at radius 2 is 2.36 bits per heavy atom. The van der Waals surface area contributed by atoms with Crippen LogP contribution in [0.4, 0.5) is 0 Å². The Morgan fingerprint density at radius 1 is 1.36 bits per heavy atom. The van der Waals surface area contributed by atoms with Crippen LogP contribution in [0.5, 0.6) is 0 Å². The van der Waals surface area contributed by atoms with E-state index in [0.717, 1.165) is 10.8 Å². The summed E-state index contributed by atoms with van der Waals surface area (Å²) in [5.41, 5.74) is 11.8. The van der Waals surface area contributed by atoms with E-state index in [1.807, 2.05) is 18.0 Å². The van der Waals surface area contributed by atoms with Crippen molar-refractivity contribution in [1.82, 2.24) is 16.4 Å². The lowest BCUT2D eigenvalue weighted by atomic mass is 10.2. The second-order valence-electron chi connectivity index (χ2n) is 3.39. The number of hydrazine groups is 2. The lowest BCUT2D eigenvalue weighted by Crippen LogP contribution is -2.31. The lowest BCUT2D eigenvalue weighted by Gasteiger charge is -1.99. The second kappa shape index (κ2) is 3.22. The predicted octanol–water partition coefficient (Wildman–Crippen LogP) is 1.18. The van der Waals surface area contributed by atoms with Crippen molar-refractivity contribution < 1.29 is 0 Å². The quantitative estimate of drug-likeness (QED) is 0.646. The van der Waals surface area contributed by atoms with Crippen LogP contribution in [0.2, 0.25) is 0 Å². The molecule has 3 N–H and O–H groups in total. The molecule has 4 heteroatoms. The third-order valence-corrected chi connectivity index (χ3v) is 3.52. The number of nitrogens with one attached hydrogen (secondary N) is 3. The van der Waals surface area contributed by atoms with Gasteiger partial charge in [0.15, 0.2) is 0 Å². The second-order valence-corrected chi connectivity index (χ2v) is 4.41. The van der Waals surface area contributed by atoms with Crippen molar-refractivity contribution in [3.05, 3.63) is 46.7 Å². The number of allylic oxidation sites excluding steroid dienone is 5. The molecule has 0 saturated heterocycles. The first-order valence-electron chi connectivity index (χ1n) is 4.62. The minimum atomic E-state index is 0.649. The molecule has 3 rings (SSSR count). The molecule has 3 aliphatic rings. The Hall–Kier alpha value is -1.13. The van der Waals surface area contributed by atoms with Gasteiger partial charge in [0.05, 0.1) is 0 Å². The van der Waals surface area contributed by atoms with E-state index in [1.54, 1.807) is 5.57 Å². The summed E-state index contributed by atoms with van der Waals surface area (Å²) in [5.74, 6) is 1.73. The number of hydrogen-bond donors (Lipinski definition) is 3. The molecule has 0 saturated carbocycles. The molecule has 2 aliphatic carbocycles. The Labute approximate surface area is 87.0 Å². The summed E-state index contributed by atoms with van der Waals surface area (Å²) in [6, 6.07) is 0. The minimum absolute atomic E-state index is 0.649. The molecule has 3 nitrogen and oxygen atoms in total. The highest BCUT2D eigenvalue weighted by Gasteiger charge is 2.32. The van der Waals surface area contributed by atoms with Gasteiger partial charge < -0.3 is 5.43 Å². The van der Waals surface area contributed by atoms with Gasteiger partial charge >= 0.3 is 0 Å². The maximum atomic E-state index is 3.03. The summed E-state index contributed by atoms with van der Waals surface area (Å²) in [4.78, 5) is 0. The van der Waals surface area contributed by atoms with E-state index in [0.29, 0.717) is 5.92 Å². The van der Waals surface area contributed by atoms with Crippen molar-refractivity contribution in [3.63, 3.8) is 0 Å². The van der Waals surface area contributed by atoms with Crippen molar-refractivity contribution in [1.29, 1.82) is 0 Å². The van der Waals surface area contributed by atoms with Crippen LogP contribution >= 0.6 is 11.8 Å². The van der Waals surface area contributed by atoms with E-state index in [9.17, 15) is 0 Å². The molecule has 0 aromatic heterocycles. The fourth-order valence-electron chi connectivity index (χ4n) is 1.71. The molecule has 0 aromatic carbocycles. The Morgan fingerprint density at radius 3 is 3.07 bits per heavy atom. The predicted molar refractivity (Wildman–Crippen MR) is 58.7 cm³/mol. The summed E-state index contributed by atoms with van der Waals surface area (Å²) in [7, 11) is 0. The van der Waals surface area contributed by atoms with E-state index >= 15 is 0 Å². The molecule has 72 valence electrons. The zero-order chi connectivity index (χ0) is 9.38. The van der Waals surface area contributed by atoms with Crippen molar-refractivity contribution in [2.24, 2.45) is 5.92 Å². The standard InChI is InChI=1S/C10H11N3S/c1-2-4-8-7(3-1)9(8)6-14-10-5-11-13-12-10/h1-5,7,11-13H,6H2. The third-order valence-electron chi connectivity index (χ3n) is 2.53. The van der Waals surface area contributed by atoms with Crippen LogP contribution in [-0.2, 0) is 0 Å². The summed E-state index contributed by atoms with van der Waals surface area (Å²) in [5, 5.41) is 1.15. The minimum Gasteiger partial charge on any atom is -0.309 e. The molecular weight excluding hydrogens is 194 g/mol. The largest absolute Gasteiger partial charge is 0.309 e.